The lowest BCUT2D eigenvalue weighted by Crippen LogP contribution is -2.40. The Morgan fingerprint density at radius 1 is 1.33 bits per heavy atom. The molecule has 0 aromatic carbocycles. The number of aliphatic hydroxyl groups is 1. The van der Waals surface area contributed by atoms with E-state index in [1.54, 1.807) is 0 Å². The minimum Gasteiger partial charge on any atom is -0.396 e. The SMILES string of the molecule is CCNC(=NCC1(CCO)CCCCC1)NCCn1cc(C)cn1. The van der Waals surface area contributed by atoms with Gasteiger partial charge in [0.15, 0.2) is 5.96 Å². The number of guanidine groups is 1. The second-order valence-electron chi connectivity index (χ2n) is 6.94. The molecule has 6 heteroatoms. The number of aliphatic imine (C=N–C) groups is 1. The molecule has 136 valence electrons. The summed E-state index contributed by atoms with van der Waals surface area (Å²) in [6.07, 6.45) is 11.0. The van der Waals surface area contributed by atoms with Crippen molar-refractivity contribution in [1.82, 2.24) is 20.4 Å². The van der Waals surface area contributed by atoms with Gasteiger partial charge in [0, 0.05) is 32.4 Å². The number of hydrogen-bond donors (Lipinski definition) is 3. The van der Waals surface area contributed by atoms with Crippen LogP contribution in [0.25, 0.3) is 0 Å². The van der Waals surface area contributed by atoms with E-state index in [1.807, 2.05) is 24.0 Å². The lowest BCUT2D eigenvalue weighted by atomic mass is 9.72. The molecule has 1 aromatic rings. The summed E-state index contributed by atoms with van der Waals surface area (Å²) in [5.74, 6) is 0.865. The molecule has 2 rings (SSSR count). The highest BCUT2D eigenvalue weighted by Crippen LogP contribution is 2.39. The molecule has 0 aliphatic heterocycles. The van der Waals surface area contributed by atoms with Crippen LogP contribution in [0.15, 0.2) is 17.4 Å². The first-order chi connectivity index (χ1) is 11.7. The number of nitrogens with zero attached hydrogens (tertiary/aromatic N) is 3. The predicted molar refractivity (Wildman–Crippen MR) is 98.2 cm³/mol. The van der Waals surface area contributed by atoms with E-state index in [9.17, 15) is 5.11 Å². The summed E-state index contributed by atoms with van der Waals surface area (Å²) in [6, 6.07) is 0. The Kier molecular flexibility index (Phi) is 7.56. The maximum absolute atomic E-state index is 9.43. The van der Waals surface area contributed by atoms with Crippen LogP contribution < -0.4 is 10.6 Å². The van der Waals surface area contributed by atoms with Crippen molar-refractivity contribution in [2.45, 2.75) is 58.9 Å². The summed E-state index contributed by atoms with van der Waals surface area (Å²) in [5, 5.41) is 20.4. The third-order valence-corrected chi connectivity index (χ3v) is 4.87. The fraction of sp³-hybridized carbons (Fsp3) is 0.778. The van der Waals surface area contributed by atoms with Crippen LogP contribution >= 0.6 is 0 Å². The van der Waals surface area contributed by atoms with Crippen molar-refractivity contribution in [3.8, 4) is 0 Å². The minimum absolute atomic E-state index is 0.189. The lowest BCUT2D eigenvalue weighted by Gasteiger charge is -2.35. The first kappa shape index (κ1) is 18.8. The van der Waals surface area contributed by atoms with Gasteiger partial charge in [-0.1, -0.05) is 19.3 Å². The molecule has 0 atom stereocenters. The van der Waals surface area contributed by atoms with Gasteiger partial charge in [-0.15, -0.1) is 0 Å². The molecule has 1 fully saturated rings. The van der Waals surface area contributed by atoms with Gasteiger partial charge in [0.1, 0.15) is 0 Å². The molecule has 0 bridgehead atoms. The van der Waals surface area contributed by atoms with Crippen molar-refractivity contribution in [2.75, 3.05) is 26.2 Å². The predicted octanol–water partition coefficient (Wildman–Crippen LogP) is 2.08. The normalized spacial score (nSPS) is 17.7. The average Bonchev–Trinajstić information content (AvgIpc) is 2.99. The third-order valence-electron chi connectivity index (χ3n) is 4.87. The van der Waals surface area contributed by atoms with Gasteiger partial charge < -0.3 is 15.7 Å². The van der Waals surface area contributed by atoms with Crippen LogP contribution in [0.2, 0.25) is 0 Å². The topological polar surface area (TPSA) is 74.5 Å². The molecule has 0 unspecified atom stereocenters. The van der Waals surface area contributed by atoms with Gasteiger partial charge in [-0.25, -0.2) is 0 Å². The molecule has 1 heterocycles. The van der Waals surface area contributed by atoms with Gasteiger partial charge in [-0.05, 0) is 44.1 Å². The van der Waals surface area contributed by atoms with E-state index in [1.165, 1.54) is 37.7 Å². The van der Waals surface area contributed by atoms with Gasteiger partial charge in [0.2, 0.25) is 0 Å². The molecular formula is C18H33N5O. The van der Waals surface area contributed by atoms with Gasteiger partial charge in [-0.3, -0.25) is 9.67 Å². The Morgan fingerprint density at radius 2 is 2.12 bits per heavy atom. The summed E-state index contributed by atoms with van der Waals surface area (Å²) in [6.45, 7) is 7.65. The van der Waals surface area contributed by atoms with E-state index in [4.69, 9.17) is 4.99 Å². The molecule has 0 amide bonds. The Hall–Kier alpha value is -1.56. The van der Waals surface area contributed by atoms with Crippen LogP contribution in [-0.2, 0) is 6.54 Å². The molecule has 0 radical (unpaired) electrons. The standard InChI is InChI=1S/C18H33N5O/c1-3-19-17(20-10-11-23-14-16(2)13-22-23)21-15-18(9-12-24)7-5-4-6-8-18/h13-14,24H,3-12,15H2,1-2H3,(H2,19,20,21). The Bertz CT molecular complexity index is 500. The summed E-state index contributed by atoms with van der Waals surface area (Å²) in [7, 11) is 0. The van der Waals surface area contributed by atoms with Crippen LogP contribution in [0.3, 0.4) is 0 Å². The maximum atomic E-state index is 9.43. The van der Waals surface area contributed by atoms with Crippen LogP contribution in [0.4, 0.5) is 0 Å². The average molecular weight is 335 g/mol. The molecule has 6 nitrogen and oxygen atoms in total. The molecule has 3 N–H and O–H groups in total. The summed E-state index contributed by atoms with van der Waals surface area (Å²) in [4.78, 5) is 4.82. The highest BCUT2D eigenvalue weighted by Gasteiger charge is 2.31. The molecule has 1 aliphatic carbocycles. The van der Waals surface area contributed by atoms with Crippen LogP contribution in [0, 0.1) is 12.3 Å². The Labute approximate surface area is 145 Å². The zero-order valence-corrected chi connectivity index (χ0v) is 15.2. The van der Waals surface area contributed by atoms with Gasteiger partial charge >= 0.3 is 0 Å². The Morgan fingerprint density at radius 3 is 2.75 bits per heavy atom. The zero-order valence-electron chi connectivity index (χ0n) is 15.2. The zero-order chi connectivity index (χ0) is 17.3. The molecule has 1 saturated carbocycles. The fourth-order valence-corrected chi connectivity index (χ4v) is 3.49. The smallest absolute Gasteiger partial charge is 0.191 e. The number of aryl methyl sites for hydroxylation is 1. The summed E-state index contributed by atoms with van der Waals surface area (Å²) >= 11 is 0. The molecule has 1 aliphatic rings. The van der Waals surface area contributed by atoms with Crippen LogP contribution in [0.1, 0.15) is 51.0 Å². The highest BCUT2D eigenvalue weighted by atomic mass is 16.3. The van der Waals surface area contributed by atoms with Crippen molar-refractivity contribution >= 4 is 5.96 Å². The van der Waals surface area contributed by atoms with E-state index >= 15 is 0 Å². The van der Waals surface area contributed by atoms with Gasteiger partial charge in [-0.2, -0.15) is 5.10 Å². The highest BCUT2D eigenvalue weighted by molar-refractivity contribution is 5.79. The fourth-order valence-electron chi connectivity index (χ4n) is 3.49. The summed E-state index contributed by atoms with van der Waals surface area (Å²) in [5.41, 5.74) is 1.37. The van der Waals surface area contributed by atoms with Crippen LogP contribution in [0.5, 0.6) is 0 Å². The van der Waals surface area contributed by atoms with E-state index in [-0.39, 0.29) is 12.0 Å². The number of aliphatic hydroxyl groups excluding tert-OH is 1. The molecule has 0 spiro atoms. The number of aromatic nitrogens is 2. The number of nitrogens with one attached hydrogen (secondary N) is 2. The molecule has 24 heavy (non-hydrogen) atoms. The van der Waals surface area contributed by atoms with Crippen molar-refractivity contribution in [2.24, 2.45) is 10.4 Å². The number of hydrogen-bond acceptors (Lipinski definition) is 3. The van der Waals surface area contributed by atoms with Crippen molar-refractivity contribution in [3.63, 3.8) is 0 Å². The van der Waals surface area contributed by atoms with Crippen LogP contribution in [-0.4, -0.2) is 47.1 Å². The van der Waals surface area contributed by atoms with Gasteiger partial charge in [0.25, 0.3) is 0 Å². The Balaban J connectivity index is 1.88. The first-order valence-electron chi connectivity index (χ1n) is 9.29. The lowest BCUT2D eigenvalue weighted by molar-refractivity contribution is 0.137. The second kappa shape index (κ2) is 9.67. The first-order valence-corrected chi connectivity index (χ1v) is 9.29. The largest absolute Gasteiger partial charge is 0.396 e. The maximum Gasteiger partial charge on any atom is 0.191 e. The molecular weight excluding hydrogens is 302 g/mol. The van der Waals surface area contributed by atoms with E-state index in [0.29, 0.717) is 0 Å². The summed E-state index contributed by atoms with van der Waals surface area (Å²) < 4.78 is 1.94. The van der Waals surface area contributed by atoms with Crippen molar-refractivity contribution < 1.29 is 5.11 Å². The second-order valence-corrected chi connectivity index (χ2v) is 6.94. The quantitative estimate of drug-likeness (QED) is 0.502. The molecule has 1 aromatic heterocycles. The monoisotopic (exact) mass is 335 g/mol. The van der Waals surface area contributed by atoms with E-state index < -0.39 is 0 Å². The number of rotatable bonds is 8. The van der Waals surface area contributed by atoms with Crippen molar-refractivity contribution in [1.29, 1.82) is 0 Å². The minimum atomic E-state index is 0.189. The van der Waals surface area contributed by atoms with Crippen molar-refractivity contribution in [3.05, 3.63) is 18.0 Å². The third kappa shape index (κ3) is 5.82. The van der Waals surface area contributed by atoms with Gasteiger partial charge in [0.05, 0.1) is 12.7 Å². The van der Waals surface area contributed by atoms with E-state index in [2.05, 4.69) is 22.7 Å². The molecule has 0 saturated heterocycles. The van der Waals surface area contributed by atoms with E-state index in [0.717, 1.165) is 38.6 Å².